The lowest BCUT2D eigenvalue weighted by atomic mass is 9.96. The number of aromatic nitrogens is 1. The molecule has 1 aromatic heterocycles. The van der Waals surface area contributed by atoms with Crippen molar-refractivity contribution in [3.05, 3.63) is 29.6 Å². The van der Waals surface area contributed by atoms with Gasteiger partial charge in [0.05, 0.1) is 0 Å². The quantitative estimate of drug-likeness (QED) is 0.378. The van der Waals surface area contributed by atoms with Gasteiger partial charge in [0.1, 0.15) is 5.69 Å². The summed E-state index contributed by atoms with van der Waals surface area (Å²) in [6, 6.07) is 5.00. The van der Waals surface area contributed by atoms with Crippen LogP contribution in [0.15, 0.2) is 23.5 Å². The fraction of sp³-hybridized carbons (Fsp3) is 0.571. The zero-order valence-corrected chi connectivity index (χ0v) is 11.6. The van der Waals surface area contributed by atoms with Crippen molar-refractivity contribution in [1.82, 2.24) is 9.88 Å². The molecule has 0 amide bonds. The molecule has 1 aliphatic rings. The van der Waals surface area contributed by atoms with E-state index in [2.05, 4.69) is 28.9 Å². The van der Waals surface area contributed by atoms with Crippen LogP contribution >= 0.6 is 0 Å². The number of rotatable bonds is 3. The van der Waals surface area contributed by atoms with Crippen LogP contribution in [-0.2, 0) is 6.54 Å². The zero-order chi connectivity index (χ0) is 13.8. The van der Waals surface area contributed by atoms with E-state index in [1.807, 2.05) is 12.1 Å². The molecule has 1 fully saturated rings. The fourth-order valence-corrected chi connectivity index (χ4v) is 2.83. The second-order valence-corrected chi connectivity index (χ2v) is 5.30. The molecule has 5 nitrogen and oxygen atoms in total. The van der Waals surface area contributed by atoms with E-state index in [0.29, 0.717) is 17.8 Å². The molecule has 0 unspecified atom stereocenters. The van der Waals surface area contributed by atoms with Crippen molar-refractivity contribution in [2.45, 2.75) is 51.7 Å². The van der Waals surface area contributed by atoms with Crippen LogP contribution in [0.4, 0.5) is 0 Å². The molecule has 1 saturated heterocycles. The lowest BCUT2D eigenvalue weighted by Crippen LogP contribution is -2.43. The Bertz CT molecular complexity index is 451. The second-order valence-electron chi connectivity index (χ2n) is 5.30. The number of piperidine rings is 1. The summed E-state index contributed by atoms with van der Waals surface area (Å²) in [5.41, 5.74) is 7.28. The van der Waals surface area contributed by atoms with E-state index < -0.39 is 0 Å². The van der Waals surface area contributed by atoms with Gasteiger partial charge in [0.2, 0.25) is 0 Å². The van der Waals surface area contributed by atoms with Crippen LogP contribution in [0.3, 0.4) is 0 Å². The first-order chi connectivity index (χ1) is 9.13. The summed E-state index contributed by atoms with van der Waals surface area (Å²) in [6.45, 7) is 5.31. The zero-order valence-electron chi connectivity index (χ0n) is 11.6. The van der Waals surface area contributed by atoms with Crippen molar-refractivity contribution in [3.63, 3.8) is 0 Å². The van der Waals surface area contributed by atoms with Crippen molar-refractivity contribution in [3.8, 4) is 0 Å². The van der Waals surface area contributed by atoms with E-state index in [0.717, 1.165) is 12.1 Å². The fourth-order valence-electron chi connectivity index (χ4n) is 2.83. The Morgan fingerprint density at radius 3 is 2.79 bits per heavy atom. The van der Waals surface area contributed by atoms with Gasteiger partial charge in [0, 0.05) is 24.8 Å². The second kappa shape index (κ2) is 6.02. The topological polar surface area (TPSA) is 74.7 Å². The molecule has 1 aromatic rings. The summed E-state index contributed by atoms with van der Waals surface area (Å²) < 4.78 is 0. The molecule has 2 rings (SSSR count). The highest BCUT2D eigenvalue weighted by Gasteiger charge is 2.25. The molecule has 0 spiro atoms. The van der Waals surface area contributed by atoms with Crippen molar-refractivity contribution >= 4 is 5.84 Å². The van der Waals surface area contributed by atoms with Gasteiger partial charge in [0.15, 0.2) is 5.84 Å². The Morgan fingerprint density at radius 2 is 2.16 bits per heavy atom. The number of hydrogen-bond acceptors (Lipinski definition) is 4. The minimum atomic E-state index is 0.0768. The first-order valence-corrected chi connectivity index (χ1v) is 6.81. The molecule has 0 aromatic carbocycles. The number of hydrogen-bond donors (Lipinski definition) is 2. The maximum Gasteiger partial charge on any atom is 0.189 e. The Morgan fingerprint density at radius 1 is 1.47 bits per heavy atom. The monoisotopic (exact) mass is 262 g/mol. The van der Waals surface area contributed by atoms with Crippen molar-refractivity contribution in [2.24, 2.45) is 10.9 Å². The van der Waals surface area contributed by atoms with Crippen LogP contribution in [0.5, 0.6) is 0 Å². The first-order valence-electron chi connectivity index (χ1n) is 6.81. The summed E-state index contributed by atoms with van der Waals surface area (Å²) in [5, 5.41) is 11.9. The van der Waals surface area contributed by atoms with E-state index in [1.165, 1.54) is 19.3 Å². The number of nitrogens with zero attached hydrogens (tertiary/aromatic N) is 3. The molecule has 1 aliphatic heterocycles. The van der Waals surface area contributed by atoms with Crippen molar-refractivity contribution in [1.29, 1.82) is 0 Å². The molecular weight excluding hydrogens is 240 g/mol. The first kappa shape index (κ1) is 13.8. The van der Waals surface area contributed by atoms with Crippen LogP contribution < -0.4 is 5.73 Å². The van der Waals surface area contributed by atoms with Crippen LogP contribution in [0, 0.1) is 0 Å². The summed E-state index contributed by atoms with van der Waals surface area (Å²) in [6.07, 6.45) is 5.41. The van der Waals surface area contributed by atoms with E-state index in [9.17, 15) is 0 Å². The van der Waals surface area contributed by atoms with Gasteiger partial charge < -0.3 is 10.9 Å². The predicted molar refractivity (Wildman–Crippen MR) is 75.1 cm³/mol. The van der Waals surface area contributed by atoms with Crippen LogP contribution in [0.1, 0.15) is 44.4 Å². The highest BCUT2D eigenvalue weighted by molar-refractivity contribution is 5.96. The predicted octanol–water partition coefficient (Wildman–Crippen LogP) is 1.94. The molecule has 0 saturated carbocycles. The number of likely N-dealkylation sites (tertiary alicyclic amines) is 1. The third-order valence-corrected chi connectivity index (χ3v) is 3.97. The molecule has 2 heterocycles. The Kier molecular flexibility index (Phi) is 4.37. The van der Waals surface area contributed by atoms with Gasteiger partial charge in [-0.3, -0.25) is 9.88 Å². The van der Waals surface area contributed by atoms with Gasteiger partial charge in [0.25, 0.3) is 0 Å². The van der Waals surface area contributed by atoms with E-state index in [4.69, 9.17) is 10.9 Å². The van der Waals surface area contributed by atoms with Gasteiger partial charge >= 0.3 is 0 Å². The highest BCUT2D eigenvalue weighted by atomic mass is 16.4. The minimum absolute atomic E-state index is 0.0768. The maximum atomic E-state index is 8.83. The molecule has 104 valence electrons. The molecule has 2 atom stereocenters. The van der Waals surface area contributed by atoms with Crippen molar-refractivity contribution < 1.29 is 5.21 Å². The third kappa shape index (κ3) is 3.04. The minimum Gasteiger partial charge on any atom is -0.409 e. The maximum absolute atomic E-state index is 8.83. The highest BCUT2D eigenvalue weighted by Crippen LogP contribution is 2.25. The lowest BCUT2D eigenvalue weighted by molar-refractivity contribution is 0.0951. The van der Waals surface area contributed by atoms with Crippen molar-refractivity contribution in [2.75, 3.05) is 0 Å². The third-order valence-electron chi connectivity index (χ3n) is 3.97. The summed E-state index contributed by atoms with van der Waals surface area (Å²) in [4.78, 5) is 6.69. The largest absolute Gasteiger partial charge is 0.409 e. The van der Waals surface area contributed by atoms with Crippen LogP contribution in [0.2, 0.25) is 0 Å². The number of pyridine rings is 1. The molecule has 19 heavy (non-hydrogen) atoms. The SMILES string of the molecule is C[C@@H]1CCC[C@H](C)N1Cc1cccnc1/C(N)=N/O. The standard InChI is InChI=1S/C14H22N4O/c1-10-5-3-6-11(2)18(10)9-12-7-4-8-16-13(12)14(15)17-19/h4,7-8,10-11,19H,3,5-6,9H2,1-2H3,(H2,15,17)/t10-,11+. The number of amidine groups is 1. The average Bonchev–Trinajstić information content (AvgIpc) is 2.42. The summed E-state index contributed by atoms with van der Waals surface area (Å²) in [5.74, 6) is 0.0768. The normalized spacial score (nSPS) is 25.5. The molecule has 3 N–H and O–H groups in total. The molecule has 5 heteroatoms. The molecule has 0 aliphatic carbocycles. The molecule has 0 bridgehead atoms. The van der Waals surface area contributed by atoms with Crippen LogP contribution in [0.25, 0.3) is 0 Å². The Labute approximate surface area is 114 Å². The van der Waals surface area contributed by atoms with Gasteiger partial charge in [-0.2, -0.15) is 0 Å². The summed E-state index contributed by atoms with van der Waals surface area (Å²) >= 11 is 0. The van der Waals surface area contributed by atoms with E-state index in [1.54, 1.807) is 6.20 Å². The van der Waals surface area contributed by atoms with E-state index >= 15 is 0 Å². The van der Waals surface area contributed by atoms with Gasteiger partial charge in [-0.25, -0.2) is 0 Å². The number of oxime groups is 1. The average molecular weight is 262 g/mol. The lowest BCUT2D eigenvalue weighted by Gasteiger charge is -2.39. The number of nitrogens with two attached hydrogens (primary N) is 1. The molecule has 0 radical (unpaired) electrons. The van der Waals surface area contributed by atoms with Gasteiger partial charge in [-0.05, 0) is 38.3 Å². The van der Waals surface area contributed by atoms with Crippen LogP contribution in [-0.4, -0.2) is 33.0 Å². The van der Waals surface area contributed by atoms with Gasteiger partial charge in [-0.15, -0.1) is 0 Å². The smallest absolute Gasteiger partial charge is 0.189 e. The van der Waals surface area contributed by atoms with E-state index in [-0.39, 0.29) is 5.84 Å². The van der Waals surface area contributed by atoms with Gasteiger partial charge in [-0.1, -0.05) is 17.6 Å². The summed E-state index contributed by atoms with van der Waals surface area (Å²) in [7, 11) is 0. The Hall–Kier alpha value is -1.62. The Balaban J connectivity index is 2.23. The molecular formula is C14H22N4O.